The quantitative estimate of drug-likeness (QED) is 0.867. The van der Waals surface area contributed by atoms with Crippen LogP contribution in [-0.4, -0.2) is 52.4 Å². The number of ketones is 1. The molecule has 2 unspecified atom stereocenters. The standard InChI is InChI=1S/C17H24N2O2/c1-12-9-18-7-3-4-16(18)11-19(12)10-15-8-14(13(2)20)5-6-17(15)21/h5-6,8,12,16,21H,3-4,7,9-11H2,1-2H3. The Hall–Kier alpha value is -1.39. The molecule has 0 saturated carbocycles. The SMILES string of the molecule is CC(=O)c1ccc(O)c(CN2CC3CCCN3CC2C)c1. The third-order valence-electron chi connectivity index (χ3n) is 4.93. The number of piperazine rings is 1. The number of hydrogen-bond donors (Lipinski definition) is 1. The van der Waals surface area contributed by atoms with Crippen LogP contribution in [0.3, 0.4) is 0 Å². The maximum Gasteiger partial charge on any atom is 0.159 e. The number of fused-ring (bicyclic) bond motifs is 1. The number of aromatic hydroxyl groups is 1. The summed E-state index contributed by atoms with van der Waals surface area (Å²) >= 11 is 0. The molecule has 21 heavy (non-hydrogen) atoms. The first kappa shape index (κ1) is 14.5. The monoisotopic (exact) mass is 288 g/mol. The molecule has 1 N–H and O–H groups in total. The number of rotatable bonds is 3. The highest BCUT2D eigenvalue weighted by Crippen LogP contribution is 2.28. The van der Waals surface area contributed by atoms with Crippen LogP contribution in [0.25, 0.3) is 0 Å². The average molecular weight is 288 g/mol. The minimum absolute atomic E-state index is 0.0462. The molecule has 4 heteroatoms. The number of carbonyl (C=O) groups excluding carboxylic acids is 1. The molecular weight excluding hydrogens is 264 g/mol. The summed E-state index contributed by atoms with van der Waals surface area (Å²) < 4.78 is 0. The molecule has 0 aliphatic carbocycles. The highest BCUT2D eigenvalue weighted by molar-refractivity contribution is 5.94. The van der Waals surface area contributed by atoms with Crippen molar-refractivity contribution >= 4 is 5.78 Å². The van der Waals surface area contributed by atoms with E-state index >= 15 is 0 Å². The van der Waals surface area contributed by atoms with Gasteiger partial charge in [-0.3, -0.25) is 14.6 Å². The molecule has 2 atom stereocenters. The molecule has 0 radical (unpaired) electrons. The largest absolute Gasteiger partial charge is 0.508 e. The topological polar surface area (TPSA) is 43.8 Å². The third kappa shape index (κ3) is 2.97. The van der Waals surface area contributed by atoms with Gasteiger partial charge < -0.3 is 5.11 Å². The van der Waals surface area contributed by atoms with Crippen molar-refractivity contribution in [1.29, 1.82) is 0 Å². The van der Waals surface area contributed by atoms with Gasteiger partial charge in [-0.2, -0.15) is 0 Å². The van der Waals surface area contributed by atoms with Gasteiger partial charge in [0, 0.05) is 42.8 Å². The van der Waals surface area contributed by atoms with Gasteiger partial charge >= 0.3 is 0 Å². The van der Waals surface area contributed by atoms with Crippen molar-refractivity contribution in [1.82, 2.24) is 9.80 Å². The Labute approximate surface area is 126 Å². The molecule has 0 aromatic heterocycles. The van der Waals surface area contributed by atoms with Crippen molar-refractivity contribution in [2.45, 2.75) is 45.3 Å². The fraction of sp³-hybridized carbons (Fsp3) is 0.588. The Bertz CT molecular complexity index is 544. The van der Waals surface area contributed by atoms with Gasteiger partial charge in [0.2, 0.25) is 0 Å². The molecule has 0 amide bonds. The summed E-state index contributed by atoms with van der Waals surface area (Å²) in [6.07, 6.45) is 2.58. The first-order valence-corrected chi connectivity index (χ1v) is 7.85. The molecule has 1 aromatic rings. The van der Waals surface area contributed by atoms with E-state index in [1.54, 1.807) is 19.1 Å². The molecule has 2 heterocycles. The number of benzene rings is 1. The van der Waals surface area contributed by atoms with Gasteiger partial charge in [-0.15, -0.1) is 0 Å². The van der Waals surface area contributed by atoms with Crippen molar-refractivity contribution in [3.63, 3.8) is 0 Å². The van der Waals surface area contributed by atoms with Gasteiger partial charge in [0.05, 0.1) is 0 Å². The van der Waals surface area contributed by atoms with Crippen molar-refractivity contribution in [3.8, 4) is 5.75 Å². The Morgan fingerprint density at radius 2 is 2.19 bits per heavy atom. The fourth-order valence-corrected chi connectivity index (χ4v) is 3.62. The summed E-state index contributed by atoms with van der Waals surface area (Å²) in [5, 5.41) is 10.1. The summed E-state index contributed by atoms with van der Waals surface area (Å²) in [5.41, 5.74) is 1.54. The molecule has 1 aromatic carbocycles. The zero-order valence-electron chi connectivity index (χ0n) is 12.9. The number of carbonyl (C=O) groups is 1. The second kappa shape index (κ2) is 5.78. The first-order chi connectivity index (χ1) is 10.0. The predicted octanol–water partition coefficient (Wildman–Crippen LogP) is 2.26. The molecule has 2 fully saturated rings. The number of nitrogens with zero attached hydrogens (tertiary/aromatic N) is 2. The minimum atomic E-state index is 0.0462. The Morgan fingerprint density at radius 1 is 1.38 bits per heavy atom. The number of phenols is 1. The Morgan fingerprint density at radius 3 is 2.95 bits per heavy atom. The normalized spacial score (nSPS) is 26.8. The lowest BCUT2D eigenvalue weighted by molar-refractivity contribution is 0.0535. The van der Waals surface area contributed by atoms with Crippen LogP contribution in [0.15, 0.2) is 18.2 Å². The van der Waals surface area contributed by atoms with Gasteiger partial charge in [0.25, 0.3) is 0 Å². The van der Waals surface area contributed by atoms with Crippen molar-refractivity contribution < 1.29 is 9.90 Å². The molecule has 2 aliphatic heterocycles. The average Bonchev–Trinajstić information content (AvgIpc) is 2.88. The summed E-state index contributed by atoms with van der Waals surface area (Å²) in [7, 11) is 0. The van der Waals surface area contributed by atoms with Crippen molar-refractivity contribution in [2.24, 2.45) is 0 Å². The summed E-state index contributed by atoms with van der Waals surface area (Å²) in [4.78, 5) is 16.5. The van der Waals surface area contributed by atoms with Crippen LogP contribution < -0.4 is 0 Å². The minimum Gasteiger partial charge on any atom is -0.508 e. The lowest BCUT2D eigenvalue weighted by Gasteiger charge is -2.42. The van der Waals surface area contributed by atoms with E-state index < -0.39 is 0 Å². The Kier molecular flexibility index (Phi) is 4.00. The van der Waals surface area contributed by atoms with Crippen LogP contribution in [0.4, 0.5) is 0 Å². The molecular formula is C17H24N2O2. The van der Waals surface area contributed by atoms with E-state index in [-0.39, 0.29) is 5.78 Å². The van der Waals surface area contributed by atoms with Crippen LogP contribution in [0, 0.1) is 0 Å². The molecule has 2 saturated heterocycles. The van der Waals surface area contributed by atoms with E-state index in [2.05, 4.69) is 16.7 Å². The zero-order valence-corrected chi connectivity index (χ0v) is 12.9. The third-order valence-corrected chi connectivity index (χ3v) is 4.93. The number of Topliss-reactive ketones (excluding diaryl/α,β-unsaturated/α-hetero) is 1. The van der Waals surface area contributed by atoms with Gasteiger partial charge in [0.1, 0.15) is 5.75 Å². The van der Waals surface area contributed by atoms with Gasteiger partial charge in [-0.25, -0.2) is 0 Å². The van der Waals surface area contributed by atoms with Crippen molar-refractivity contribution in [3.05, 3.63) is 29.3 Å². The highest BCUT2D eigenvalue weighted by Gasteiger charge is 2.34. The van der Waals surface area contributed by atoms with E-state index in [9.17, 15) is 9.90 Å². The van der Waals surface area contributed by atoms with E-state index in [1.807, 2.05) is 6.07 Å². The van der Waals surface area contributed by atoms with Crippen LogP contribution >= 0.6 is 0 Å². The number of phenolic OH excluding ortho intramolecular Hbond substituents is 1. The molecule has 0 bridgehead atoms. The van der Waals surface area contributed by atoms with Crippen LogP contribution in [-0.2, 0) is 6.54 Å². The van der Waals surface area contributed by atoms with Crippen LogP contribution in [0.2, 0.25) is 0 Å². The van der Waals surface area contributed by atoms with Crippen LogP contribution in [0.5, 0.6) is 5.75 Å². The summed E-state index contributed by atoms with van der Waals surface area (Å²) in [6, 6.07) is 6.33. The lowest BCUT2D eigenvalue weighted by Crippen LogP contribution is -2.54. The van der Waals surface area contributed by atoms with Crippen molar-refractivity contribution in [2.75, 3.05) is 19.6 Å². The molecule has 0 spiro atoms. The van der Waals surface area contributed by atoms with E-state index in [1.165, 1.54) is 19.4 Å². The van der Waals surface area contributed by atoms with E-state index in [0.717, 1.165) is 25.2 Å². The maximum absolute atomic E-state index is 11.5. The predicted molar refractivity (Wildman–Crippen MR) is 82.6 cm³/mol. The molecule has 2 aliphatic rings. The number of hydrogen-bond acceptors (Lipinski definition) is 4. The maximum atomic E-state index is 11.5. The molecule has 114 valence electrons. The second-order valence-electron chi connectivity index (χ2n) is 6.47. The van der Waals surface area contributed by atoms with E-state index in [4.69, 9.17) is 0 Å². The Balaban J connectivity index is 1.76. The second-order valence-corrected chi connectivity index (χ2v) is 6.47. The highest BCUT2D eigenvalue weighted by atomic mass is 16.3. The van der Waals surface area contributed by atoms with Gasteiger partial charge in [-0.05, 0) is 51.4 Å². The van der Waals surface area contributed by atoms with Crippen LogP contribution in [0.1, 0.15) is 42.6 Å². The lowest BCUT2D eigenvalue weighted by atomic mass is 10.0. The zero-order chi connectivity index (χ0) is 15.0. The summed E-state index contributed by atoms with van der Waals surface area (Å²) in [5.74, 6) is 0.339. The fourth-order valence-electron chi connectivity index (χ4n) is 3.62. The molecule has 3 rings (SSSR count). The first-order valence-electron chi connectivity index (χ1n) is 7.85. The summed E-state index contributed by atoms with van der Waals surface area (Å²) in [6.45, 7) is 7.94. The van der Waals surface area contributed by atoms with E-state index in [0.29, 0.717) is 23.4 Å². The van der Waals surface area contributed by atoms with Gasteiger partial charge in [0.15, 0.2) is 5.78 Å². The van der Waals surface area contributed by atoms with Gasteiger partial charge in [-0.1, -0.05) is 0 Å². The smallest absolute Gasteiger partial charge is 0.159 e. The molecule has 4 nitrogen and oxygen atoms in total.